The minimum absolute atomic E-state index is 0.0336. The van der Waals surface area contributed by atoms with Crippen LogP contribution in [0.5, 0.6) is 0 Å². The molecule has 0 aromatic heterocycles. The van der Waals surface area contributed by atoms with E-state index in [1.54, 1.807) is 6.92 Å². The Morgan fingerprint density at radius 2 is 1.89 bits per heavy atom. The molecule has 0 saturated heterocycles. The minimum atomic E-state index is -0.762. The quantitative estimate of drug-likeness (QED) is 0.839. The van der Waals surface area contributed by atoms with Crippen molar-refractivity contribution in [3.8, 4) is 0 Å². The fourth-order valence-electron chi connectivity index (χ4n) is 4.98. The van der Waals surface area contributed by atoms with E-state index >= 15 is 0 Å². The molecule has 0 amide bonds. The second-order valence-electron chi connectivity index (χ2n) is 7.05. The van der Waals surface area contributed by atoms with E-state index in [0.717, 1.165) is 19.3 Å². The Kier molecular flexibility index (Phi) is 3.07. The predicted octanol–water partition coefficient (Wildman–Crippen LogP) is 3.13. The first-order valence-corrected chi connectivity index (χ1v) is 6.94. The predicted molar refractivity (Wildman–Crippen MR) is 69.1 cm³/mol. The first-order valence-electron chi connectivity index (χ1n) is 6.94. The molecule has 102 valence electrons. The number of rotatable bonds is 3. The van der Waals surface area contributed by atoms with Crippen molar-refractivity contribution in [3.63, 3.8) is 0 Å². The molecule has 2 aliphatic carbocycles. The van der Waals surface area contributed by atoms with Crippen molar-refractivity contribution in [2.45, 2.75) is 53.4 Å². The van der Waals surface area contributed by atoms with E-state index in [0.29, 0.717) is 11.8 Å². The number of ketones is 1. The van der Waals surface area contributed by atoms with Crippen LogP contribution in [0.2, 0.25) is 0 Å². The molecule has 2 rings (SSSR count). The average molecular weight is 252 g/mol. The van der Waals surface area contributed by atoms with Gasteiger partial charge in [-0.1, -0.05) is 20.8 Å². The summed E-state index contributed by atoms with van der Waals surface area (Å²) in [7, 11) is 0. The molecule has 2 fully saturated rings. The van der Waals surface area contributed by atoms with Gasteiger partial charge in [0.05, 0.1) is 0 Å². The molecular weight excluding hydrogens is 228 g/mol. The summed E-state index contributed by atoms with van der Waals surface area (Å²) in [5, 5.41) is 9.17. The number of carbonyl (C=O) groups is 2. The first kappa shape index (κ1) is 13.6. The van der Waals surface area contributed by atoms with Crippen molar-refractivity contribution in [2.75, 3.05) is 0 Å². The standard InChI is InChI=1S/C15H24O3/c1-9-5-6-11-12(7-13(17)18)15(9,10(2)16)8-14(11,3)4/h9,11-12H,5-8H2,1-4H3,(H,17,18). The van der Waals surface area contributed by atoms with Crippen LogP contribution >= 0.6 is 0 Å². The number of hydrogen-bond acceptors (Lipinski definition) is 2. The zero-order valence-corrected chi connectivity index (χ0v) is 11.8. The molecule has 0 radical (unpaired) electrons. The highest BCUT2D eigenvalue weighted by atomic mass is 16.4. The zero-order chi connectivity index (χ0) is 13.7. The number of hydrogen-bond donors (Lipinski definition) is 1. The molecule has 3 nitrogen and oxygen atoms in total. The Balaban J connectivity index is 2.47. The molecule has 2 saturated carbocycles. The van der Waals surface area contributed by atoms with Crippen LogP contribution in [-0.2, 0) is 9.59 Å². The number of fused-ring (bicyclic) bond motifs is 2. The summed E-state index contributed by atoms with van der Waals surface area (Å²) in [5.74, 6) is 0.177. The highest BCUT2D eigenvalue weighted by molar-refractivity contribution is 5.84. The van der Waals surface area contributed by atoms with Crippen LogP contribution in [0, 0.1) is 28.6 Å². The Bertz CT molecular complexity index is 385. The number of Topliss-reactive ketones (excluding diaryl/α,β-unsaturated/α-hetero) is 1. The molecule has 0 heterocycles. The number of carboxylic acid groups (broad SMARTS) is 1. The topological polar surface area (TPSA) is 54.4 Å². The maximum Gasteiger partial charge on any atom is 0.303 e. The normalized spacial score (nSPS) is 41.7. The summed E-state index contributed by atoms with van der Waals surface area (Å²) in [4.78, 5) is 23.4. The minimum Gasteiger partial charge on any atom is -0.481 e. The van der Waals surface area contributed by atoms with Gasteiger partial charge < -0.3 is 5.11 Å². The van der Waals surface area contributed by atoms with Crippen molar-refractivity contribution >= 4 is 11.8 Å². The average Bonchev–Trinajstić information content (AvgIpc) is 2.36. The van der Waals surface area contributed by atoms with Gasteiger partial charge in [0.15, 0.2) is 0 Å². The monoisotopic (exact) mass is 252 g/mol. The van der Waals surface area contributed by atoms with Gasteiger partial charge in [-0.2, -0.15) is 0 Å². The van der Waals surface area contributed by atoms with E-state index < -0.39 is 5.97 Å². The van der Waals surface area contributed by atoms with Crippen LogP contribution < -0.4 is 0 Å². The maximum atomic E-state index is 12.3. The van der Waals surface area contributed by atoms with Crippen LogP contribution in [0.15, 0.2) is 0 Å². The second kappa shape index (κ2) is 4.07. The van der Waals surface area contributed by atoms with Crippen LogP contribution in [0.1, 0.15) is 53.4 Å². The summed E-state index contributed by atoms with van der Waals surface area (Å²) >= 11 is 0. The van der Waals surface area contributed by atoms with Crippen molar-refractivity contribution < 1.29 is 14.7 Å². The highest BCUT2D eigenvalue weighted by Crippen LogP contribution is 2.66. The molecule has 4 atom stereocenters. The van der Waals surface area contributed by atoms with Gasteiger partial charge in [0.25, 0.3) is 0 Å². The third-order valence-corrected chi connectivity index (χ3v) is 5.74. The largest absolute Gasteiger partial charge is 0.481 e. The first-order chi connectivity index (χ1) is 8.21. The molecule has 2 aliphatic rings. The summed E-state index contributed by atoms with van der Waals surface area (Å²) in [5.41, 5.74) is -0.290. The summed E-state index contributed by atoms with van der Waals surface area (Å²) in [6.45, 7) is 8.20. The van der Waals surface area contributed by atoms with Crippen LogP contribution in [0.25, 0.3) is 0 Å². The third-order valence-electron chi connectivity index (χ3n) is 5.74. The molecule has 0 aromatic carbocycles. The van der Waals surface area contributed by atoms with E-state index in [1.807, 2.05) is 0 Å². The molecule has 0 aromatic rings. The summed E-state index contributed by atoms with van der Waals surface area (Å²) < 4.78 is 0. The van der Waals surface area contributed by atoms with Crippen molar-refractivity contribution in [1.29, 1.82) is 0 Å². The van der Waals surface area contributed by atoms with Gasteiger partial charge in [-0.15, -0.1) is 0 Å². The summed E-state index contributed by atoms with van der Waals surface area (Å²) in [6, 6.07) is 0. The van der Waals surface area contributed by atoms with Gasteiger partial charge in [0.1, 0.15) is 5.78 Å². The molecule has 1 N–H and O–H groups in total. The molecule has 3 heteroatoms. The lowest BCUT2D eigenvalue weighted by atomic mass is 9.59. The summed E-state index contributed by atoms with van der Waals surface area (Å²) in [6.07, 6.45) is 3.14. The lowest BCUT2D eigenvalue weighted by molar-refractivity contribution is -0.144. The fourth-order valence-corrected chi connectivity index (χ4v) is 4.98. The third kappa shape index (κ3) is 1.70. The van der Waals surface area contributed by atoms with E-state index in [-0.39, 0.29) is 29.0 Å². The van der Waals surface area contributed by atoms with E-state index in [2.05, 4.69) is 20.8 Å². The molecule has 4 unspecified atom stereocenters. The van der Waals surface area contributed by atoms with Crippen LogP contribution in [0.4, 0.5) is 0 Å². The molecule has 0 spiro atoms. The Labute approximate surface area is 109 Å². The maximum absolute atomic E-state index is 12.3. The lowest BCUT2D eigenvalue weighted by Crippen LogP contribution is -2.44. The van der Waals surface area contributed by atoms with Crippen LogP contribution in [0.3, 0.4) is 0 Å². The van der Waals surface area contributed by atoms with Gasteiger partial charge in [-0.25, -0.2) is 0 Å². The molecule has 0 aliphatic heterocycles. The Morgan fingerprint density at radius 1 is 1.28 bits per heavy atom. The Hall–Kier alpha value is -0.860. The fraction of sp³-hybridized carbons (Fsp3) is 0.867. The smallest absolute Gasteiger partial charge is 0.303 e. The number of carboxylic acids is 1. The number of aliphatic carboxylic acids is 1. The lowest BCUT2D eigenvalue weighted by Gasteiger charge is -2.44. The van der Waals surface area contributed by atoms with Gasteiger partial charge >= 0.3 is 5.97 Å². The van der Waals surface area contributed by atoms with Gasteiger partial charge in [-0.3, -0.25) is 9.59 Å². The van der Waals surface area contributed by atoms with Crippen molar-refractivity contribution in [1.82, 2.24) is 0 Å². The molecular formula is C15H24O3. The van der Waals surface area contributed by atoms with E-state index in [9.17, 15) is 14.7 Å². The SMILES string of the molecule is CC(=O)C12CC(C)(C)C(CCC1C)C2CC(=O)O. The van der Waals surface area contributed by atoms with Gasteiger partial charge in [0.2, 0.25) is 0 Å². The molecule has 2 bridgehead atoms. The molecule has 18 heavy (non-hydrogen) atoms. The number of carbonyl (C=O) groups excluding carboxylic acids is 1. The van der Waals surface area contributed by atoms with E-state index in [4.69, 9.17) is 0 Å². The van der Waals surface area contributed by atoms with Crippen molar-refractivity contribution in [2.24, 2.45) is 28.6 Å². The van der Waals surface area contributed by atoms with E-state index in [1.165, 1.54) is 0 Å². The van der Waals surface area contributed by atoms with Gasteiger partial charge in [-0.05, 0) is 49.4 Å². The van der Waals surface area contributed by atoms with Gasteiger partial charge in [0, 0.05) is 11.8 Å². The zero-order valence-electron chi connectivity index (χ0n) is 11.8. The van der Waals surface area contributed by atoms with Crippen molar-refractivity contribution in [3.05, 3.63) is 0 Å². The second-order valence-corrected chi connectivity index (χ2v) is 7.05. The highest BCUT2D eigenvalue weighted by Gasteiger charge is 2.63. The van der Waals surface area contributed by atoms with Crippen LogP contribution in [-0.4, -0.2) is 16.9 Å². The Morgan fingerprint density at radius 3 is 2.39 bits per heavy atom.